The van der Waals surface area contributed by atoms with Crippen molar-refractivity contribution in [2.24, 2.45) is 0 Å². The fraction of sp³-hybridized carbons (Fsp3) is 0.667. The number of rotatable bonds is 4. The van der Waals surface area contributed by atoms with Crippen LogP contribution in [0.5, 0.6) is 0 Å². The Bertz CT molecular complexity index is 436. The molecule has 108 valence electrons. The van der Waals surface area contributed by atoms with Gasteiger partial charge >= 0.3 is 0 Å². The summed E-state index contributed by atoms with van der Waals surface area (Å²) in [4.78, 5) is 16.3. The molecule has 2 atom stereocenters. The van der Waals surface area contributed by atoms with Gasteiger partial charge in [-0.2, -0.15) is 0 Å². The summed E-state index contributed by atoms with van der Waals surface area (Å²) in [5, 5.41) is 6.09. The summed E-state index contributed by atoms with van der Waals surface area (Å²) in [6.45, 7) is 5.17. The van der Waals surface area contributed by atoms with Gasteiger partial charge in [0.25, 0.3) is 5.91 Å². The molecule has 2 rings (SSSR count). The summed E-state index contributed by atoms with van der Waals surface area (Å²) in [5.41, 5.74) is 0.629. The molecule has 0 aliphatic carbocycles. The zero-order valence-corrected chi connectivity index (χ0v) is 12.2. The second-order valence-corrected chi connectivity index (χ2v) is 4.39. The van der Waals surface area contributed by atoms with Crippen molar-refractivity contribution in [3.8, 4) is 0 Å². The first-order chi connectivity index (χ1) is 8.65. The van der Waals surface area contributed by atoms with Crippen LogP contribution in [0.25, 0.3) is 0 Å². The van der Waals surface area contributed by atoms with Gasteiger partial charge in [0.2, 0.25) is 5.76 Å². The number of carbonyl (C=O) groups excluding carboxylic acids is 1. The summed E-state index contributed by atoms with van der Waals surface area (Å²) < 4.78 is 10.7. The van der Waals surface area contributed by atoms with Gasteiger partial charge in [0, 0.05) is 26.6 Å². The average Bonchev–Trinajstić information content (AvgIpc) is 2.95. The predicted octanol–water partition coefficient (Wildman–Crippen LogP) is 0.684. The van der Waals surface area contributed by atoms with Crippen LogP contribution in [0.15, 0.2) is 4.42 Å². The van der Waals surface area contributed by atoms with E-state index in [2.05, 4.69) is 15.6 Å². The average molecular weight is 290 g/mol. The van der Waals surface area contributed by atoms with Gasteiger partial charge in [-0.3, -0.25) is 4.79 Å². The molecule has 0 bridgehead atoms. The van der Waals surface area contributed by atoms with Crippen molar-refractivity contribution in [1.29, 1.82) is 0 Å². The lowest BCUT2D eigenvalue weighted by atomic mass is 10.2. The quantitative estimate of drug-likeness (QED) is 0.853. The van der Waals surface area contributed by atoms with E-state index in [-0.39, 0.29) is 30.5 Å². The summed E-state index contributed by atoms with van der Waals surface area (Å²) in [6.07, 6.45) is 0.683. The molecule has 1 aliphatic rings. The number of nitrogens with zero attached hydrogens (tertiary/aromatic N) is 1. The van der Waals surface area contributed by atoms with Gasteiger partial charge in [0.15, 0.2) is 5.89 Å². The monoisotopic (exact) mass is 289 g/mol. The van der Waals surface area contributed by atoms with Crippen LogP contribution in [0, 0.1) is 6.92 Å². The Morgan fingerprint density at radius 2 is 2.32 bits per heavy atom. The number of aromatic nitrogens is 1. The zero-order valence-electron chi connectivity index (χ0n) is 11.4. The van der Waals surface area contributed by atoms with Gasteiger partial charge in [-0.15, -0.1) is 12.4 Å². The zero-order chi connectivity index (χ0) is 13.1. The van der Waals surface area contributed by atoms with Crippen molar-refractivity contribution in [2.75, 3.05) is 20.2 Å². The topological polar surface area (TPSA) is 76.4 Å². The van der Waals surface area contributed by atoms with Crippen LogP contribution >= 0.6 is 12.4 Å². The van der Waals surface area contributed by atoms with E-state index >= 15 is 0 Å². The van der Waals surface area contributed by atoms with E-state index in [1.807, 2.05) is 6.92 Å². The maximum absolute atomic E-state index is 12.1. The van der Waals surface area contributed by atoms with E-state index in [1.165, 1.54) is 0 Å². The molecule has 1 aromatic rings. The van der Waals surface area contributed by atoms with E-state index in [0.29, 0.717) is 30.3 Å². The number of amides is 1. The minimum Gasteiger partial charge on any atom is -0.435 e. The van der Waals surface area contributed by atoms with Crippen molar-refractivity contribution >= 4 is 18.3 Å². The first kappa shape index (κ1) is 15.9. The van der Waals surface area contributed by atoms with Crippen LogP contribution in [0.2, 0.25) is 0 Å². The molecule has 1 aliphatic heterocycles. The Labute approximate surface area is 118 Å². The molecule has 0 aromatic carbocycles. The van der Waals surface area contributed by atoms with E-state index in [4.69, 9.17) is 9.15 Å². The summed E-state index contributed by atoms with van der Waals surface area (Å²) >= 11 is 0. The van der Waals surface area contributed by atoms with E-state index < -0.39 is 0 Å². The third-order valence-corrected chi connectivity index (χ3v) is 3.13. The number of aryl methyl sites for hydroxylation is 2. The van der Waals surface area contributed by atoms with Crippen LogP contribution in [-0.4, -0.2) is 43.2 Å². The molecule has 0 saturated carbocycles. The van der Waals surface area contributed by atoms with E-state index in [9.17, 15) is 4.79 Å². The lowest BCUT2D eigenvalue weighted by Crippen LogP contribution is -2.43. The lowest BCUT2D eigenvalue weighted by Gasteiger charge is -2.17. The molecule has 2 heterocycles. The second-order valence-electron chi connectivity index (χ2n) is 4.39. The Morgan fingerprint density at radius 3 is 2.89 bits per heavy atom. The molecule has 0 radical (unpaired) electrons. The highest BCUT2D eigenvalue weighted by molar-refractivity contribution is 5.92. The molecule has 7 heteroatoms. The standard InChI is InChI=1S/C12H19N3O3.ClH/c1-4-10-14-7(2)11(18-10)12(16)15-8-5-13-6-9(8)17-3;/h8-9,13H,4-6H2,1-3H3,(H,15,16);1H/t8-,9-;/m0./s1. The number of hydrogen-bond acceptors (Lipinski definition) is 5. The Balaban J connectivity index is 0.00000180. The van der Waals surface area contributed by atoms with Gasteiger partial charge in [-0.25, -0.2) is 4.98 Å². The first-order valence-electron chi connectivity index (χ1n) is 6.16. The summed E-state index contributed by atoms with van der Waals surface area (Å²) in [7, 11) is 1.64. The highest BCUT2D eigenvalue weighted by Gasteiger charge is 2.30. The fourth-order valence-electron chi connectivity index (χ4n) is 2.09. The number of oxazole rings is 1. The third kappa shape index (κ3) is 3.46. The molecular formula is C12H20ClN3O3. The number of carbonyl (C=O) groups is 1. The third-order valence-electron chi connectivity index (χ3n) is 3.13. The fourth-order valence-corrected chi connectivity index (χ4v) is 2.09. The minimum atomic E-state index is -0.226. The van der Waals surface area contributed by atoms with Crippen LogP contribution in [-0.2, 0) is 11.2 Å². The largest absolute Gasteiger partial charge is 0.435 e. The molecule has 6 nitrogen and oxygen atoms in total. The van der Waals surface area contributed by atoms with Gasteiger partial charge in [-0.1, -0.05) is 6.92 Å². The van der Waals surface area contributed by atoms with Crippen molar-refractivity contribution in [2.45, 2.75) is 32.4 Å². The smallest absolute Gasteiger partial charge is 0.289 e. The summed E-state index contributed by atoms with van der Waals surface area (Å²) in [6, 6.07) is -0.0305. The number of hydrogen-bond donors (Lipinski definition) is 2. The highest BCUT2D eigenvalue weighted by Crippen LogP contribution is 2.12. The van der Waals surface area contributed by atoms with Crippen LogP contribution in [0.4, 0.5) is 0 Å². The van der Waals surface area contributed by atoms with Crippen molar-refractivity contribution in [3.63, 3.8) is 0 Å². The van der Waals surface area contributed by atoms with Crippen molar-refractivity contribution in [3.05, 3.63) is 17.3 Å². The van der Waals surface area contributed by atoms with Crippen LogP contribution < -0.4 is 10.6 Å². The van der Waals surface area contributed by atoms with Crippen LogP contribution in [0.1, 0.15) is 29.1 Å². The second kappa shape index (κ2) is 6.88. The Kier molecular flexibility index (Phi) is 5.78. The molecule has 1 fully saturated rings. The molecule has 1 amide bonds. The van der Waals surface area contributed by atoms with Crippen molar-refractivity contribution in [1.82, 2.24) is 15.6 Å². The molecular weight excluding hydrogens is 270 g/mol. The molecule has 2 N–H and O–H groups in total. The first-order valence-corrected chi connectivity index (χ1v) is 6.16. The molecule has 1 saturated heterocycles. The minimum absolute atomic E-state index is 0. The molecule has 1 aromatic heterocycles. The SMILES string of the molecule is CCc1nc(C)c(C(=O)N[C@H]2CNC[C@@H]2OC)o1.Cl. The number of ether oxygens (including phenoxy) is 1. The normalized spacial score (nSPS) is 22.1. The van der Waals surface area contributed by atoms with Gasteiger partial charge in [-0.05, 0) is 6.92 Å². The summed E-state index contributed by atoms with van der Waals surface area (Å²) in [5.74, 6) is 0.662. The van der Waals surface area contributed by atoms with Crippen molar-refractivity contribution < 1.29 is 13.9 Å². The predicted molar refractivity (Wildman–Crippen MR) is 72.8 cm³/mol. The van der Waals surface area contributed by atoms with Gasteiger partial charge < -0.3 is 19.8 Å². The number of methoxy groups -OCH3 is 1. The van der Waals surface area contributed by atoms with E-state index in [0.717, 1.165) is 6.54 Å². The van der Waals surface area contributed by atoms with Gasteiger partial charge in [0.05, 0.1) is 17.8 Å². The number of nitrogens with one attached hydrogen (secondary N) is 2. The highest BCUT2D eigenvalue weighted by atomic mass is 35.5. The van der Waals surface area contributed by atoms with E-state index in [1.54, 1.807) is 14.0 Å². The molecule has 19 heavy (non-hydrogen) atoms. The maximum Gasteiger partial charge on any atom is 0.289 e. The molecule has 0 spiro atoms. The maximum atomic E-state index is 12.1. The van der Waals surface area contributed by atoms with Gasteiger partial charge in [0.1, 0.15) is 0 Å². The number of halogens is 1. The lowest BCUT2D eigenvalue weighted by molar-refractivity contribution is 0.0758. The molecule has 0 unspecified atom stereocenters. The Morgan fingerprint density at radius 1 is 1.58 bits per heavy atom. The Hall–Kier alpha value is -1.11. The van der Waals surface area contributed by atoms with Crippen LogP contribution in [0.3, 0.4) is 0 Å².